The van der Waals surface area contributed by atoms with Crippen molar-refractivity contribution in [1.82, 2.24) is 0 Å². The summed E-state index contributed by atoms with van der Waals surface area (Å²) in [7, 11) is 0. The molecule has 0 bridgehead atoms. The molecule has 5 N–H and O–H groups in total. The Morgan fingerprint density at radius 1 is 1.20 bits per heavy atom. The van der Waals surface area contributed by atoms with Gasteiger partial charge in [-0.25, -0.2) is 0 Å². The Bertz CT molecular complexity index is 139. The quantitative estimate of drug-likeness (QED) is 0.334. The molecule has 0 saturated carbocycles. The molecule has 0 unspecified atom stereocenters. The van der Waals surface area contributed by atoms with Gasteiger partial charge in [-0.3, -0.25) is 0 Å². The molecule has 0 aromatic rings. The zero-order valence-electron chi connectivity index (χ0n) is 8.78. The van der Waals surface area contributed by atoms with Gasteiger partial charge in [0.1, 0.15) is 18.3 Å². The van der Waals surface area contributed by atoms with E-state index in [9.17, 15) is 4.79 Å². The van der Waals surface area contributed by atoms with Gasteiger partial charge in [0, 0.05) is 6.61 Å². The fourth-order valence-corrected chi connectivity index (χ4v) is 0.574. The molecule has 6 nitrogen and oxygen atoms in total. The predicted molar refractivity (Wildman–Crippen MR) is 53.2 cm³/mol. The van der Waals surface area contributed by atoms with Gasteiger partial charge in [0.05, 0.1) is 6.61 Å². The molecule has 0 aromatic heterocycles. The Labute approximate surface area is 88.8 Å². The van der Waals surface area contributed by atoms with Crippen molar-refractivity contribution in [2.75, 3.05) is 13.2 Å². The van der Waals surface area contributed by atoms with Crippen LogP contribution in [-0.4, -0.2) is 63.3 Å². The average molecular weight is 224 g/mol. The average Bonchev–Trinajstić information content (AvgIpc) is 2.27. The summed E-state index contributed by atoms with van der Waals surface area (Å²) in [5.74, 6) is 0. The lowest BCUT2D eigenvalue weighted by Gasteiger charge is -2.16. The van der Waals surface area contributed by atoms with Crippen LogP contribution in [0.4, 0.5) is 0 Å². The highest BCUT2D eigenvalue weighted by molar-refractivity contribution is 5.56. The lowest BCUT2D eigenvalue weighted by atomic mass is 10.1. The minimum atomic E-state index is -1.64. The van der Waals surface area contributed by atoms with E-state index in [0.29, 0.717) is 6.61 Å². The zero-order chi connectivity index (χ0) is 12.3. The highest BCUT2D eigenvalue weighted by Crippen LogP contribution is 1.96. The molecule has 0 saturated heterocycles. The van der Waals surface area contributed by atoms with Gasteiger partial charge in [-0.1, -0.05) is 13.3 Å². The van der Waals surface area contributed by atoms with Crippen LogP contribution in [0, 0.1) is 0 Å². The van der Waals surface area contributed by atoms with Crippen LogP contribution in [0.25, 0.3) is 0 Å². The third-order valence-corrected chi connectivity index (χ3v) is 1.58. The normalized spacial score (nSPS) is 15.9. The van der Waals surface area contributed by atoms with Gasteiger partial charge < -0.3 is 30.3 Å². The second kappa shape index (κ2) is 11.5. The van der Waals surface area contributed by atoms with Crippen LogP contribution in [0.1, 0.15) is 19.8 Å². The van der Waals surface area contributed by atoms with Gasteiger partial charge in [0.15, 0.2) is 6.29 Å². The minimum Gasteiger partial charge on any atom is -0.396 e. The third-order valence-electron chi connectivity index (χ3n) is 1.58. The number of hydrogen-bond acceptors (Lipinski definition) is 6. The number of carbonyl (C=O) groups excluding carboxylic acids is 1. The molecule has 0 aliphatic heterocycles. The fraction of sp³-hybridized carbons (Fsp3) is 0.889. The van der Waals surface area contributed by atoms with Crippen LogP contribution in [0.15, 0.2) is 0 Å². The number of rotatable bonds is 6. The Hall–Kier alpha value is -0.530. The predicted octanol–water partition coefficient (Wildman–Crippen LogP) is -1.96. The number of hydrogen-bond donors (Lipinski definition) is 5. The van der Waals surface area contributed by atoms with E-state index >= 15 is 0 Å². The van der Waals surface area contributed by atoms with Crippen molar-refractivity contribution in [1.29, 1.82) is 0 Å². The van der Waals surface area contributed by atoms with Crippen LogP contribution in [-0.2, 0) is 4.79 Å². The summed E-state index contributed by atoms with van der Waals surface area (Å²) in [6.45, 7) is 1.71. The molecule has 0 heterocycles. The van der Waals surface area contributed by atoms with Crippen LogP contribution >= 0.6 is 0 Å². The van der Waals surface area contributed by atoms with E-state index in [1.54, 1.807) is 0 Å². The van der Waals surface area contributed by atoms with Crippen LogP contribution in [0.5, 0.6) is 0 Å². The van der Waals surface area contributed by atoms with E-state index in [-0.39, 0.29) is 6.29 Å². The standard InChI is InChI=1S/C5H10O5.C4H10O/c6-1-3(8)5(10)4(9)2-7;1-2-3-4-5/h1,3-5,7-10H,2H2;5H,2-4H2,1H3/t3-,4+,5+;/m0./s1. The van der Waals surface area contributed by atoms with Crippen molar-refractivity contribution in [2.24, 2.45) is 0 Å². The molecule has 0 rings (SSSR count). The number of aldehydes is 1. The summed E-state index contributed by atoms with van der Waals surface area (Å²) in [5.41, 5.74) is 0. The van der Waals surface area contributed by atoms with Crippen LogP contribution < -0.4 is 0 Å². The molecule has 15 heavy (non-hydrogen) atoms. The van der Waals surface area contributed by atoms with E-state index in [0.717, 1.165) is 12.8 Å². The highest BCUT2D eigenvalue weighted by Gasteiger charge is 2.22. The minimum absolute atomic E-state index is 0.0869. The fourth-order valence-electron chi connectivity index (χ4n) is 0.574. The molecular weight excluding hydrogens is 204 g/mol. The van der Waals surface area contributed by atoms with Gasteiger partial charge in [-0.05, 0) is 6.42 Å². The van der Waals surface area contributed by atoms with E-state index in [4.69, 9.17) is 25.5 Å². The second-order valence-electron chi connectivity index (χ2n) is 2.94. The summed E-state index contributed by atoms with van der Waals surface area (Å²) >= 11 is 0. The Morgan fingerprint density at radius 3 is 1.93 bits per heavy atom. The van der Waals surface area contributed by atoms with Crippen LogP contribution in [0.2, 0.25) is 0 Å². The highest BCUT2D eigenvalue weighted by atomic mass is 16.4. The molecule has 0 radical (unpaired) electrons. The largest absolute Gasteiger partial charge is 0.396 e. The first-order chi connectivity index (χ1) is 7.04. The molecule has 0 aromatic carbocycles. The maximum atomic E-state index is 9.76. The van der Waals surface area contributed by atoms with Gasteiger partial charge in [-0.2, -0.15) is 0 Å². The van der Waals surface area contributed by atoms with E-state index in [2.05, 4.69) is 6.92 Å². The van der Waals surface area contributed by atoms with Crippen molar-refractivity contribution in [2.45, 2.75) is 38.1 Å². The first-order valence-electron chi connectivity index (χ1n) is 4.76. The van der Waals surface area contributed by atoms with E-state index < -0.39 is 24.9 Å². The van der Waals surface area contributed by atoms with Crippen molar-refractivity contribution >= 4 is 6.29 Å². The molecule has 0 fully saturated rings. The molecule has 0 aliphatic rings. The van der Waals surface area contributed by atoms with Crippen molar-refractivity contribution in [3.05, 3.63) is 0 Å². The smallest absolute Gasteiger partial charge is 0.151 e. The second-order valence-corrected chi connectivity index (χ2v) is 2.94. The van der Waals surface area contributed by atoms with Crippen LogP contribution in [0.3, 0.4) is 0 Å². The number of unbranched alkanes of at least 4 members (excludes halogenated alkanes) is 1. The monoisotopic (exact) mass is 224 g/mol. The summed E-state index contributed by atoms with van der Waals surface area (Å²) in [6.07, 6.45) is -2.59. The molecule has 0 amide bonds. The maximum Gasteiger partial charge on any atom is 0.151 e. The maximum absolute atomic E-state index is 9.76. The van der Waals surface area contributed by atoms with Crippen molar-refractivity contribution in [3.63, 3.8) is 0 Å². The summed E-state index contributed by atoms with van der Waals surface area (Å²) in [6, 6.07) is 0. The molecular formula is C9H20O6. The molecule has 92 valence electrons. The number of aliphatic hydroxyl groups excluding tert-OH is 5. The van der Waals surface area contributed by atoms with Gasteiger partial charge in [0.25, 0.3) is 0 Å². The van der Waals surface area contributed by atoms with Gasteiger partial charge in [-0.15, -0.1) is 0 Å². The lowest BCUT2D eigenvalue weighted by molar-refractivity contribution is -0.127. The Morgan fingerprint density at radius 2 is 1.73 bits per heavy atom. The van der Waals surface area contributed by atoms with Gasteiger partial charge in [0.2, 0.25) is 0 Å². The summed E-state index contributed by atoms with van der Waals surface area (Å²) in [5, 5.41) is 42.1. The first-order valence-corrected chi connectivity index (χ1v) is 4.76. The zero-order valence-corrected chi connectivity index (χ0v) is 8.78. The van der Waals surface area contributed by atoms with Gasteiger partial charge >= 0.3 is 0 Å². The summed E-state index contributed by atoms with van der Waals surface area (Å²) < 4.78 is 0. The molecule has 6 heteroatoms. The molecule has 3 atom stereocenters. The topological polar surface area (TPSA) is 118 Å². The third kappa shape index (κ3) is 9.77. The number of aliphatic hydroxyl groups is 5. The Kier molecular flexibility index (Phi) is 13.0. The molecule has 0 aliphatic carbocycles. The Balaban J connectivity index is 0. The lowest BCUT2D eigenvalue weighted by Crippen LogP contribution is -2.40. The number of carbonyl (C=O) groups is 1. The molecule has 0 spiro atoms. The first kappa shape index (κ1) is 16.9. The summed E-state index contributed by atoms with van der Waals surface area (Å²) in [4.78, 5) is 9.76. The van der Waals surface area contributed by atoms with E-state index in [1.807, 2.05) is 0 Å². The van der Waals surface area contributed by atoms with E-state index in [1.165, 1.54) is 0 Å². The SMILES string of the molecule is CCCCO.O=C[C@H](O)[C@@H](O)[C@H](O)CO. The van der Waals surface area contributed by atoms with Crippen molar-refractivity contribution in [3.8, 4) is 0 Å². The van der Waals surface area contributed by atoms with Crippen molar-refractivity contribution < 1.29 is 30.3 Å².